The van der Waals surface area contributed by atoms with Gasteiger partial charge in [0.25, 0.3) is 0 Å². The van der Waals surface area contributed by atoms with Crippen molar-refractivity contribution in [2.24, 2.45) is 5.41 Å². The molecule has 1 N–H and O–H groups in total. The van der Waals surface area contributed by atoms with Gasteiger partial charge in [0.05, 0.1) is 18.2 Å². The van der Waals surface area contributed by atoms with E-state index < -0.39 is 6.10 Å². The molecule has 0 aromatic carbocycles. The molecule has 3 aromatic rings. The lowest BCUT2D eigenvalue weighted by atomic mass is 9.88. The van der Waals surface area contributed by atoms with Crippen molar-refractivity contribution in [2.75, 3.05) is 0 Å². The van der Waals surface area contributed by atoms with Crippen LogP contribution in [-0.4, -0.2) is 30.7 Å². The van der Waals surface area contributed by atoms with Crippen molar-refractivity contribution in [3.05, 3.63) is 23.2 Å². The minimum absolute atomic E-state index is 0.0626. The molecule has 0 saturated carbocycles. The van der Waals surface area contributed by atoms with E-state index >= 15 is 0 Å². The predicted molar refractivity (Wildman–Crippen MR) is 84.9 cm³/mol. The first-order valence-corrected chi connectivity index (χ1v) is 8.14. The predicted octanol–water partition coefficient (Wildman–Crippen LogP) is 3.09. The molecule has 0 fully saturated rings. The third kappa shape index (κ3) is 3.05. The van der Waals surface area contributed by atoms with Crippen LogP contribution in [0.2, 0.25) is 0 Å². The molecular formula is C15H20N4O2S. The summed E-state index contributed by atoms with van der Waals surface area (Å²) >= 11 is 1.57. The molecule has 0 saturated heterocycles. The Balaban J connectivity index is 1.82. The van der Waals surface area contributed by atoms with Crippen molar-refractivity contribution in [3.8, 4) is 11.5 Å². The van der Waals surface area contributed by atoms with Crippen LogP contribution in [0.15, 0.2) is 16.1 Å². The average molecular weight is 320 g/mol. The molecule has 6 nitrogen and oxygen atoms in total. The first-order chi connectivity index (χ1) is 10.3. The number of fused-ring (bicyclic) bond motifs is 1. The van der Waals surface area contributed by atoms with Gasteiger partial charge in [-0.05, 0) is 18.8 Å². The molecule has 0 radical (unpaired) electrons. The molecule has 0 aliphatic carbocycles. The Morgan fingerprint density at radius 2 is 2.14 bits per heavy atom. The SMILES string of the molecule is Cc1nc2sccn2c1-c1noc(CC(O)CC(C)(C)C)n1. The van der Waals surface area contributed by atoms with Gasteiger partial charge in [-0.1, -0.05) is 25.9 Å². The minimum atomic E-state index is -0.485. The number of aliphatic hydroxyl groups is 1. The highest BCUT2D eigenvalue weighted by Gasteiger charge is 2.21. The zero-order chi connectivity index (χ0) is 15.9. The summed E-state index contributed by atoms with van der Waals surface area (Å²) in [6.07, 6.45) is 2.51. The van der Waals surface area contributed by atoms with Crippen LogP contribution in [-0.2, 0) is 6.42 Å². The van der Waals surface area contributed by atoms with E-state index in [9.17, 15) is 5.11 Å². The fraction of sp³-hybridized carbons (Fsp3) is 0.533. The summed E-state index contributed by atoms with van der Waals surface area (Å²) in [5, 5.41) is 16.1. The van der Waals surface area contributed by atoms with Gasteiger partial charge in [-0.2, -0.15) is 4.98 Å². The molecule has 118 valence electrons. The molecule has 7 heteroatoms. The normalized spacial score (nSPS) is 13.9. The summed E-state index contributed by atoms with van der Waals surface area (Å²) in [7, 11) is 0. The number of aryl methyl sites for hydroxylation is 1. The van der Waals surface area contributed by atoms with Crippen molar-refractivity contribution in [1.29, 1.82) is 0 Å². The Kier molecular flexibility index (Phi) is 3.78. The molecule has 0 amide bonds. The van der Waals surface area contributed by atoms with Crippen LogP contribution >= 0.6 is 11.3 Å². The summed E-state index contributed by atoms with van der Waals surface area (Å²) in [4.78, 5) is 9.81. The lowest BCUT2D eigenvalue weighted by molar-refractivity contribution is 0.113. The Labute approximate surface area is 132 Å². The molecule has 1 unspecified atom stereocenters. The van der Waals surface area contributed by atoms with E-state index in [2.05, 4.69) is 35.9 Å². The summed E-state index contributed by atoms with van der Waals surface area (Å²) < 4.78 is 7.25. The molecule has 3 rings (SSSR count). The smallest absolute Gasteiger partial charge is 0.229 e. The highest BCUT2D eigenvalue weighted by Crippen LogP contribution is 2.26. The van der Waals surface area contributed by atoms with Crippen molar-refractivity contribution >= 4 is 16.3 Å². The zero-order valence-corrected chi connectivity index (χ0v) is 14.0. The lowest BCUT2D eigenvalue weighted by Crippen LogP contribution is -2.19. The monoisotopic (exact) mass is 320 g/mol. The lowest BCUT2D eigenvalue weighted by Gasteiger charge is -2.21. The molecule has 0 aliphatic heterocycles. The van der Waals surface area contributed by atoms with Gasteiger partial charge in [0.15, 0.2) is 4.96 Å². The molecule has 1 atom stereocenters. The molecule has 0 spiro atoms. The maximum atomic E-state index is 10.1. The fourth-order valence-electron chi connectivity index (χ4n) is 2.58. The van der Waals surface area contributed by atoms with E-state index in [1.807, 2.05) is 22.9 Å². The second-order valence-corrected chi connectivity index (χ2v) is 7.61. The number of rotatable bonds is 4. The minimum Gasteiger partial charge on any atom is -0.393 e. The first-order valence-electron chi connectivity index (χ1n) is 7.27. The maximum absolute atomic E-state index is 10.1. The Hall–Kier alpha value is -1.73. The van der Waals surface area contributed by atoms with Crippen LogP contribution in [0.3, 0.4) is 0 Å². The number of aromatic nitrogens is 4. The standard InChI is InChI=1S/C15H20N4O2S/c1-9-12(19-5-6-22-14(19)16-9)13-17-11(21-18-13)7-10(20)8-15(2,3)4/h5-6,10,20H,7-8H2,1-4H3. The van der Waals surface area contributed by atoms with Crippen LogP contribution in [0.25, 0.3) is 16.5 Å². The van der Waals surface area contributed by atoms with Gasteiger partial charge in [-0.3, -0.25) is 4.40 Å². The van der Waals surface area contributed by atoms with Crippen LogP contribution in [0, 0.1) is 12.3 Å². The Morgan fingerprint density at radius 1 is 1.36 bits per heavy atom. The average Bonchev–Trinajstić information content (AvgIpc) is 3.02. The largest absolute Gasteiger partial charge is 0.393 e. The Morgan fingerprint density at radius 3 is 2.86 bits per heavy atom. The first kappa shape index (κ1) is 15.2. The summed E-state index contributed by atoms with van der Waals surface area (Å²) in [6.45, 7) is 8.22. The quantitative estimate of drug-likeness (QED) is 0.799. The van der Waals surface area contributed by atoms with Crippen molar-refractivity contribution < 1.29 is 9.63 Å². The highest BCUT2D eigenvalue weighted by molar-refractivity contribution is 7.15. The van der Waals surface area contributed by atoms with Crippen LogP contribution < -0.4 is 0 Å². The van der Waals surface area contributed by atoms with Crippen molar-refractivity contribution in [3.63, 3.8) is 0 Å². The number of aliphatic hydroxyl groups excluding tert-OH is 1. The van der Waals surface area contributed by atoms with Crippen molar-refractivity contribution in [2.45, 2.75) is 46.6 Å². The van der Waals surface area contributed by atoms with Crippen LogP contribution in [0.4, 0.5) is 0 Å². The molecule has 3 heterocycles. The van der Waals surface area contributed by atoms with E-state index in [-0.39, 0.29) is 5.41 Å². The molecule has 0 bridgehead atoms. The van der Waals surface area contributed by atoms with Crippen molar-refractivity contribution in [1.82, 2.24) is 19.5 Å². The second kappa shape index (κ2) is 5.48. The summed E-state index contributed by atoms with van der Waals surface area (Å²) in [5.74, 6) is 0.970. The van der Waals surface area contributed by atoms with Gasteiger partial charge in [0.2, 0.25) is 11.7 Å². The molecule has 22 heavy (non-hydrogen) atoms. The third-order valence-corrected chi connectivity index (χ3v) is 4.13. The van der Waals surface area contributed by atoms with E-state index in [0.29, 0.717) is 24.6 Å². The number of hydrogen-bond donors (Lipinski definition) is 1. The summed E-state index contributed by atoms with van der Waals surface area (Å²) in [6, 6.07) is 0. The van der Waals surface area contributed by atoms with Gasteiger partial charge in [0, 0.05) is 11.6 Å². The molecular weight excluding hydrogens is 300 g/mol. The van der Waals surface area contributed by atoms with Crippen LogP contribution in [0.5, 0.6) is 0 Å². The number of nitrogens with zero attached hydrogens (tertiary/aromatic N) is 4. The van der Waals surface area contributed by atoms with Gasteiger partial charge in [0.1, 0.15) is 5.69 Å². The second-order valence-electron chi connectivity index (χ2n) is 6.74. The maximum Gasteiger partial charge on any atom is 0.229 e. The van der Waals surface area contributed by atoms with Gasteiger partial charge >= 0.3 is 0 Å². The number of hydrogen-bond acceptors (Lipinski definition) is 6. The van der Waals surface area contributed by atoms with E-state index in [4.69, 9.17) is 4.52 Å². The number of thiazole rings is 1. The van der Waals surface area contributed by atoms with E-state index in [1.54, 1.807) is 11.3 Å². The van der Waals surface area contributed by atoms with Gasteiger partial charge in [-0.25, -0.2) is 4.98 Å². The topological polar surface area (TPSA) is 76.5 Å². The molecule has 0 aliphatic rings. The molecule has 3 aromatic heterocycles. The Bertz CT molecular complexity index is 781. The van der Waals surface area contributed by atoms with Gasteiger partial charge < -0.3 is 9.63 Å². The van der Waals surface area contributed by atoms with E-state index in [0.717, 1.165) is 16.3 Å². The highest BCUT2D eigenvalue weighted by atomic mass is 32.1. The van der Waals surface area contributed by atoms with Gasteiger partial charge in [-0.15, -0.1) is 11.3 Å². The summed E-state index contributed by atoms with van der Waals surface area (Å²) in [5.41, 5.74) is 1.78. The van der Waals surface area contributed by atoms with E-state index in [1.165, 1.54) is 0 Å². The number of imidazole rings is 1. The zero-order valence-electron chi connectivity index (χ0n) is 13.2. The van der Waals surface area contributed by atoms with Crippen LogP contribution in [0.1, 0.15) is 38.8 Å². The fourth-order valence-corrected chi connectivity index (χ4v) is 3.34. The third-order valence-electron chi connectivity index (χ3n) is 3.37.